The Balaban J connectivity index is 1.72. The van der Waals surface area contributed by atoms with Crippen molar-refractivity contribution < 1.29 is 0 Å². The first-order valence-corrected chi connectivity index (χ1v) is 11.1. The van der Waals surface area contributed by atoms with Crippen LogP contribution in [0.2, 0.25) is 10.0 Å². The minimum atomic E-state index is 0.638. The largest absolute Gasteiger partial charge is 0.301 e. The molecule has 0 N–H and O–H groups in total. The second-order valence-corrected chi connectivity index (χ2v) is 8.69. The van der Waals surface area contributed by atoms with Crippen LogP contribution in [0.3, 0.4) is 0 Å². The third kappa shape index (κ3) is 5.32. The highest BCUT2D eigenvalue weighted by molar-refractivity contribution is 7.98. The highest BCUT2D eigenvalue weighted by Gasteiger charge is 2.14. The molecule has 3 nitrogen and oxygen atoms in total. The van der Waals surface area contributed by atoms with Gasteiger partial charge in [-0.15, -0.1) is 28.5 Å². The number of hydrogen-bond donors (Lipinski definition) is 0. The number of halogens is 2. The lowest BCUT2D eigenvalue weighted by Crippen LogP contribution is -2.03. The molecular weight excluding hydrogens is 417 g/mol. The van der Waals surface area contributed by atoms with E-state index in [0.29, 0.717) is 22.3 Å². The second-order valence-electron chi connectivity index (χ2n) is 5.89. The maximum Gasteiger partial charge on any atom is 0.191 e. The van der Waals surface area contributed by atoms with Crippen molar-refractivity contribution in [3.8, 4) is 0 Å². The summed E-state index contributed by atoms with van der Waals surface area (Å²) < 4.78 is 2.09. The van der Waals surface area contributed by atoms with Gasteiger partial charge in [0, 0.05) is 27.2 Å². The second kappa shape index (κ2) is 9.69. The molecule has 27 heavy (non-hydrogen) atoms. The van der Waals surface area contributed by atoms with E-state index in [4.69, 9.17) is 23.2 Å². The molecule has 7 heteroatoms. The van der Waals surface area contributed by atoms with Gasteiger partial charge in [0.25, 0.3) is 0 Å². The predicted octanol–water partition coefficient (Wildman–Crippen LogP) is 6.66. The fourth-order valence-electron chi connectivity index (χ4n) is 2.43. The molecule has 0 bridgehead atoms. The van der Waals surface area contributed by atoms with Crippen molar-refractivity contribution in [3.05, 3.63) is 82.1 Å². The molecule has 0 saturated carbocycles. The van der Waals surface area contributed by atoms with E-state index in [1.165, 1.54) is 10.5 Å². The van der Waals surface area contributed by atoms with Crippen LogP contribution in [-0.4, -0.2) is 14.8 Å². The summed E-state index contributed by atoms with van der Waals surface area (Å²) in [7, 11) is 0. The lowest BCUT2D eigenvalue weighted by molar-refractivity contribution is 0.700. The van der Waals surface area contributed by atoms with Crippen LogP contribution in [0.4, 0.5) is 0 Å². The highest BCUT2D eigenvalue weighted by Crippen LogP contribution is 2.32. The summed E-state index contributed by atoms with van der Waals surface area (Å²) in [5.41, 5.74) is 2.17. The van der Waals surface area contributed by atoms with E-state index in [0.717, 1.165) is 22.3 Å². The summed E-state index contributed by atoms with van der Waals surface area (Å²) in [6.07, 6.45) is 1.86. The molecule has 0 saturated heterocycles. The minimum absolute atomic E-state index is 0.638. The van der Waals surface area contributed by atoms with Gasteiger partial charge in [0.1, 0.15) is 5.82 Å². The Morgan fingerprint density at radius 1 is 1.00 bits per heavy atom. The summed E-state index contributed by atoms with van der Waals surface area (Å²) in [6, 6.07) is 14.0. The van der Waals surface area contributed by atoms with Crippen molar-refractivity contribution >= 4 is 46.7 Å². The van der Waals surface area contributed by atoms with E-state index in [1.807, 2.05) is 24.3 Å². The number of benzene rings is 2. The predicted molar refractivity (Wildman–Crippen MR) is 117 cm³/mol. The third-order valence-electron chi connectivity index (χ3n) is 3.90. The SMILES string of the molecule is C=CCn1c(CSc2ccc(C)cc2)nnc1SCc1c(Cl)cccc1Cl. The minimum Gasteiger partial charge on any atom is -0.301 e. The Kier molecular flexibility index (Phi) is 7.30. The van der Waals surface area contributed by atoms with E-state index >= 15 is 0 Å². The quantitative estimate of drug-likeness (QED) is 0.292. The van der Waals surface area contributed by atoms with Crippen LogP contribution in [-0.2, 0) is 18.1 Å². The number of nitrogens with zero attached hydrogens (tertiary/aromatic N) is 3. The van der Waals surface area contributed by atoms with Gasteiger partial charge in [0.2, 0.25) is 0 Å². The zero-order valence-electron chi connectivity index (χ0n) is 14.9. The average Bonchev–Trinajstić information content (AvgIpc) is 3.03. The molecule has 0 atom stereocenters. The molecule has 2 aromatic carbocycles. The van der Waals surface area contributed by atoms with Crippen molar-refractivity contribution in [1.29, 1.82) is 0 Å². The molecule has 3 rings (SSSR count). The van der Waals surface area contributed by atoms with Gasteiger partial charge in [-0.05, 0) is 36.8 Å². The molecule has 1 heterocycles. The maximum absolute atomic E-state index is 6.27. The average molecular weight is 436 g/mol. The Labute approximate surface area is 178 Å². The summed E-state index contributed by atoms with van der Waals surface area (Å²) in [5, 5.41) is 10.9. The van der Waals surface area contributed by atoms with Crippen molar-refractivity contribution in [3.63, 3.8) is 0 Å². The number of thioether (sulfide) groups is 2. The molecule has 0 spiro atoms. The first-order chi connectivity index (χ1) is 13.1. The molecule has 3 aromatic rings. The zero-order valence-corrected chi connectivity index (χ0v) is 18.0. The van der Waals surface area contributed by atoms with Crippen LogP contribution in [0.25, 0.3) is 0 Å². The number of aryl methyl sites for hydroxylation is 1. The number of rotatable bonds is 8. The first kappa shape index (κ1) is 20.3. The van der Waals surface area contributed by atoms with Gasteiger partial charge < -0.3 is 4.57 Å². The van der Waals surface area contributed by atoms with Gasteiger partial charge in [-0.25, -0.2) is 0 Å². The zero-order chi connectivity index (χ0) is 19.2. The molecule has 0 amide bonds. The van der Waals surface area contributed by atoms with Gasteiger partial charge in [-0.3, -0.25) is 0 Å². The summed E-state index contributed by atoms with van der Waals surface area (Å²) in [5.74, 6) is 2.31. The fourth-order valence-corrected chi connectivity index (χ4v) is 4.98. The van der Waals surface area contributed by atoms with Gasteiger partial charge in [-0.1, -0.05) is 64.8 Å². The van der Waals surface area contributed by atoms with E-state index in [1.54, 1.807) is 23.5 Å². The molecular formula is C20H19Cl2N3S2. The smallest absolute Gasteiger partial charge is 0.191 e. The molecule has 0 aliphatic carbocycles. The lowest BCUT2D eigenvalue weighted by Gasteiger charge is -2.09. The maximum atomic E-state index is 6.27. The topological polar surface area (TPSA) is 30.7 Å². The van der Waals surface area contributed by atoms with Crippen LogP contribution in [0.15, 0.2) is 65.2 Å². The molecule has 0 aliphatic rings. The lowest BCUT2D eigenvalue weighted by atomic mass is 10.2. The fraction of sp³-hybridized carbons (Fsp3) is 0.200. The summed E-state index contributed by atoms with van der Waals surface area (Å²) >= 11 is 15.9. The Morgan fingerprint density at radius 2 is 1.70 bits per heavy atom. The van der Waals surface area contributed by atoms with Gasteiger partial charge in [-0.2, -0.15) is 0 Å². The molecule has 1 aromatic heterocycles. The number of allylic oxidation sites excluding steroid dienone is 1. The van der Waals surface area contributed by atoms with Gasteiger partial charge in [0.15, 0.2) is 5.16 Å². The van der Waals surface area contributed by atoms with E-state index < -0.39 is 0 Å². The molecule has 0 unspecified atom stereocenters. The van der Waals surface area contributed by atoms with E-state index in [9.17, 15) is 0 Å². The molecule has 0 aliphatic heterocycles. The van der Waals surface area contributed by atoms with E-state index in [-0.39, 0.29) is 0 Å². The van der Waals surface area contributed by atoms with Crippen molar-refractivity contribution in [2.45, 2.75) is 35.0 Å². The van der Waals surface area contributed by atoms with Crippen LogP contribution in [0, 0.1) is 6.92 Å². The van der Waals surface area contributed by atoms with Crippen LogP contribution in [0.1, 0.15) is 17.0 Å². The molecule has 0 fully saturated rings. The third-order valence-corrected chi connectivity index (χ3v) is 6.61. The van der Waals surface area contributed by atoms with Crippen LogP contribution < -0.4 is 0 Å². The Morgan fingerprint density at radius 3 is 2.37 bits per heavy atom. The summed E-state index contributed by atoms with van der Waals surface area (Å²) in [4.78, 5) is 1.21. The van der Waals surface area contributed by atoms with Gasteiger partial charge in [0.05, 0.1) is 5.75 Å². The first-order valence-electron chi connectivity index (χ1n) is 8.36. The van der Waals surface area contributed by atoms with Gasteiger partial charge >= 0.3 is 0 Å². The number of hydrogen-bond acceptors (Lipinski definition) is 4. The standard InChI is InChI=1S/C20H19Cl2N3S2/c1-3-11-25-19(13-26-15-9-7-14(2)8-10-15)23-24-20(25)27-12-16-17(21)5-4-6-18(16)22/h3-10H,1,11-13H2,2H3. The van der Waals surface area contributed by atoms with Crippen molar-refractivity contribution in [2.24, 2.45) is 0 Å². The van der Waals surface area contributed by atoms with Crippen LogP contribution in [0.5, 0.6) is 0 Å². The van der Waals surface area contributed by atoms with Crippen LogP contribution >= 0.6 is 46.7 Å². The van der Waals surface area contributed by atoms with Crippen molar-refractivity contribution in [1.82, 2.24) is 14.8 Å². The molecule has 0 radical (unpaired) electrons. The van der Waals surface area contributed by atoms with Crippen molar-refractivity contribution in [2.75, 3.05) is 0 Å². The monoisotopic (exact) mass is 435 g/mol. The number of aromatic nitrogens is 3. The highest BCUT2D eigenvalue weighted by atomic mass is 35.5. The normalized spacial score (nSPS) is 10.9. The Bertz CT molecular complexity index is 903. The van der Waals surface area contributed by atoms with E-state index in [2.05, 4.69) is 52.5 Å². The Hall–Kier alpha value is -1.40. The summed E-state index contributed by atoms with van der Waals surface area (Å²) in [6.45, 7) is 6.61. The molecule has 140 valence electrons.